The minimum Gasteiger partial charge on any atom is -0.369 e. The molecule has 0 fully saturated rings. The van der Waals surface area contributed by atoms with Gasteiger partial charge in [-0.05, 0) is 6.92 Å². The molecule has 0 amide bonds. The summed E-state index contributed by atoms with van der Waals surface area (Å²) in [5.41, 5.74) is 1.82. The fourth-order valence-electron chi connectivity index (χ4n) is 1.84. The third-order valence-corrected chi connectivity index (χ3v) is 4.08. The lowest BCUT2D eigenvalue weighted by Gasteiger charge is -2.10. The second kappa shape index (κ2) is 4.93. The van der Waals surface area contributed by atoms with Crippen LogP contribution in [0, 0.1) is 6.92 Å². The Balaban J connectivity index is 1.74. The Morgan fingerprint density at radius 1 is 1.42 bits per heavy atom. The average molecular weight is 274 g/mol. The van der Waals surface area contributed by atoms with Crippen LogP contribution in [0.3, 0.4) is 0 Å². The van der Waals surface area contributed by atoms with Crippen molar-refractivity contribution in [2.45, 2.75) is 19.8 Å². The van der Waals surface area contributed by atoms with Crippen molar-refractivity contribution in [1.29, 1.82) is 0 Å². The Labute approximate surface area is 114 Å². The van der Waals surface area contributed by atoms with Gasteiger partial charge in [-0.15, -0.1) is 11.3 Å². The molecule has 0 saturated heterocycles. The number of hydrogen-bond donors (Lipinski definition) is 2. The molecule has 0 aromatic carbocycles. The fourth-order valence-corrected chi connectivity index (χ4v) is 2.70. The van der Waals surface area contributed by atoms with E-state index >= 15 is 0 Å². The summed E-state index contributed by atoms with van der Waals surface area (Å²) < 4.78 is 0. The molecular formula is C12H14N6S. The monoisotopic (exact) mass is 274 g/mol. The number of nitrogens with zero attached hydrogens (tertiary/aromatic N) is 4. The molecule has 6 nitrogen and oxygen atoms in total. The van der Waals surface area contributed by atoms with Crippen molar-refractivity contribution in [2.24, 2.45) is 0 Å². The van der Waals surface area contributed by atoms with Crippen LogP contribution >= 0.6 is 11.3 Å². The standard InChI is InChI=1S/C12H14N6S/c1-7(12-17-8(2)5-19-12)3-13-10-9-4-16-18-11(9)15-6-14-10/h4-7H,3H2,1-2H3,(H2,13,14,15,16,18). The Morgan fingerprint density at radius 3 is 3.11 bits per heavy atom. The van der Waals surface area contributed by atoms with Gasteiger partial charge in [0.05, 0.1) is 16.6 Å². The molecule has 3 rings (SSSR count). The van der Waals surface area contributed by atoms with E-state index in [9.17, 15) is 0 Å². The zero-order chi connectivity index (χ0) is 13.2. The number of aryl methyl sites for hydroxylation is 1. The van der Waals surface area contributed by atoms with Crippen molar-refractivity contribution in [1.82, 2.24) is 25.1 Å². The van der Waals surface area contributed by atoms with Gasteiger partial charge in [-0.25, -0.2) is 15.0 Å². The molecule has 0 saturated carbocycles. The summed E-state index contributed by atoms with van der Waals surface area (Å²) in [6, 6.07) is 0. The SMILES string of the molecule is Cc1csc(C(C)CNc2ncnc3[nH]ncc23)n1. The maximum absolute atomic E-state index is 4.50. The van der Waals surface area contributed by atoms with E-state index < -0.39 is 0 Å². The van der Waals surface area contributed by atoms with Crippen molar-refractivity contribution in [3.8, 4) is 0 Å². The molecule has 98 valence electrons. The number of thiazole rings is 1. The zero-order valence-corrected chi connectivity index (χ0v) is 11.5. The smallest absolute Gasteiger partial charge is 0.160 e. The van der Waals surface area contributed by atoms with Gasteiger partial charge >= 0.3 is 0 Å². The topological polar surface area (TPSA) is 79.4 Å². The van der Waals surface area contributed by atoms with Crippen LogP contribution in [0.5, 0.6) is 0 Å². The molecule has 0 spiro atoms. The van der Waals surface area contributed by atoms with Crippen LogP contribution in [0.1, 0.15) is 23.5 Å². The van der Waals surface area contributed by atoms with Crippen LogP contribution in [-0.4, -0.2) is 31.7 Å². The van der Waals surface area contributed by atoms with Crippen LogP contribution in [0.25, 0.3) is 11.0 Å². The van der Waals surface area contributed by atoms with Gasteiger partial charge in [-0.2, -0.15) is 5.10 Å². The van der Waals surface area contributed by atoms with Crippen LogP contribution in [-0.2, 0) is 0 Å². The maximum atomic E-state index is 4.50. The molecule has 7 heteroatoms. The highest BCUT2D eigenvalue weighted by Crippen LogP contribution is 2.22. The molecule has 1 unspecified atom stereocenters. The van der Waals surface area contributed by atoms with Crippen LogP contribution < -0.4 is 5.32 Å². The third-order valence-electron chi connectivity index (χ3n) is 2.88. The number of nitrogens with one attached hydrogen (secondary N) is 2. The predicted molar refractivity (Wildman–Crippen MR) is 75.4 cm³/mol. The highest BCUT2D eigenvalue weighted by atomic mass is 32.1. The number of aromatic amines is 1. The molecular weight excluding hydrogens is 260 g/mol. The second-order valence-electron chi connectivity index (χ2n) is 4.46. The van der Waals surface area contributed by atoms with Crippen molar-refractivity contribution >= 4 is 28.2 Å². The molecule has 2 N–H and O–H groups in total. The normalized spacial score (nSPS) is 12.7. The molecule has 0 radical (unpaired) electrons. The lowest BCUT2D eigenvalue weighted by molar-refractivity contribution is 0.789. The minimum atomic E-state index is 0.343. The van der Waals surface area contributed by atoms with E-state index in [0.717, 1.165) is 34.1 Å². The summed E-state index contributed by atoms with van der Waals surface area (Å²) >= 11 is 1.70. The predicted octanol–water partition coefficient (Wildman–Crippen LogP) is 2.33. The van der Waals surface area contributed by atoms with Gasteiger partial charge in [-0.1, -0.05) is 6.92 Å². The van der Waals surface area contributed by atoms with E-state index in [2.05, 4.69) is 42.8 Å². The largest absolute Gasteiger partial charge is 0.369 e. The van der Waals surface area contributed by atoms with Gasteiger partial charge in [0.15, 0.2) is 5.65 Å². The van der Waals surface area contributed by atoms with Crippen LogP contribution in [0.2, 0.25) is 0 Å². The molecule has 1 atom stereocenters. The van der Waals surface area contributed by atoms with Gasteiger partial charge in [0.25, 0.3) is 0 Å². The van der Waals surface area contributed by atoms with E-state index in [1.54, 1.807) is 17.5 Å². The first-order valence-corrected chi connectivity index (χ1v) is 6.92. The highest BCUT2D eigenvalue weighted by molar-refractivity contribution is 7.09. The van der Waals surface area contributed by atoms with Crippen molar-refractivity contribution in [3.05, 3.63) is 28.6 Å². The first-order valence-electron chi connectivity index (χ1n) is 6.04. The van der Waals surface area contributed by atoms with Gasteiger partial charge in [0, 0.05) is 23.5 Å². The van der Waals surface area contributed by atoms with Gasteiger partial charge in [-0.3, -0.25) is 5.10 Å². The van der Waals surface area contributed by atoms with Gasteiger partial charge in [0.2, 0.25) is 0 Å². The Hall–Kier alpha value is -2.02. The first kappa shape index (κ1) is 12.0. The quantitative estimate of drug-likeness (QED) is 0.763. The molecule has 3 aromatic rings. The molecule has 0 aliphatic heterocycles. The average Bonchev–Trinajstić information content (AvgIpc) is 3.04. The summed E-state index contributed by atoms with van der Waals surface area (Å²) in [7, 11) is 0. The zero-order valence-electron chi connectivity index (χ0n) is 10.7. The van der Waals surface area contributed by atoms with E-state index in [0.29, 0.717) is 5.92 Å². The number of anilines is 1. The number of H-pyrrole nitrogens is 1. The van der Waals surface area contributed by atoms with Crippen LogP contribution in [0.4, 0.5) is 5.82 Å². The molecule has 3 aromatic heterocycles. The van der Waals surface area contributed by atoms with E-state index in [-0.39, 0.29) is 0 Å². The second-order valence-corrected chi connectivity index (χ2v) is 5.35. The number of fused-ring (bicyclic) bond motifs is 1. The molecule has 19 heavy (non-hydrogen) atoms. The Bertz CT molecular complexity index is 688. The maximum Gasteiger partial charge on any atom is 0.160 e. The van der Waals surface area contributed by atoms with Crippen molar-refractivity contribution in [3.63, 3.8) is 0 Å². The van der Waals surface area contributed by atoms with Crippen molar-refractivity contribution < 1.29 is 0 Å². The van der Waals surface area contributed by atoms with Gasteiger partial charge < -0.3 is 5.32 Å². The highest BCUT2D eigenvalue weighted by Gasteiger charge is 2.11. The lowest BCUT2D eigenvalue weighted by Crippen LogP contribution is -2.11. The third kappa shape index (κ3) is 2.41. The first-order chi connectivity index (χ1) is 9.24. The number of aromatic nitrogens is 5. The number of hydrogen-bond acceptors (Lipinski definition) is 6. The van der Waals surface area contributed by atoms with Crippen molar-refractivity contribution in [2.75, 3.05) is 11.9 Å². The van der Waals surface area contributed by atoms with Gasteiger partial charge in [0.1, 0.15) is 12.1 Å². The minimum absolute atomic E-state index is 0.343. The fraction of sp³-hybridized carbons (Fsp3) is 0.333. The molecule has 3 heterocycles. The summed E-state index contributed by atoms with van der Waals surface area (Å²) in [4.78, 5) is 12.9. The lowest BCUT2D eigenvalue weighted by atomic mass is 10.2. The summed E-state index contributed by atoms with van der Waals surface area (Å²) in [6.45, 7) is 4.95. The summed E-state index contributed by atoms with van der Waals surface area (Å²) in [5.74, 6) is 1.15. The van der Waals surface area contributed by atoms with E-state index in [4.69, 9.17) is 0 Å². The molecule has 0 aliphatic carbocycles. The Morgan fingerprint density at radius 2 is 2.32 bits per heavy atom. The van der Waals surface area contributed by atoms with Crippen LogP contribution in [0.15, 0.2) is 17.9 Å². The molecule has 0 aliphatic rings. The summed E-state index contributed by atoms with van der Waals surface area (Å²) in [6.07, 6.45) is 3.26. The molecule has 0 bridgehead atoms. The summed E-state index contributed by atoms with van der Waals surface area (Å²) in [5, 5.41) is 14.3. The Kier molecular flexibility index (Phi) is 3.12. The van der Waals surface area contributed by atoms with E-state index in [1.165, 1.54) is 6.33 Å². The number of rotatable bonds is 4. The van der Waals surface area contributed by atoms with E-state index in [1.807, 2.05) is 6.92 Å².